The van der Waals surface area contributed by atoms with E-state index in [0.717, 1.165) is 22.7 Å². The molecule has 7 heteroatoms. The number of carbonyl (C=O) groups is 1. The van der Waals surface area contributed by atoms with Crippen LogP contribution in [0.25, 0.3) is 0 Å². The summed E-state index contributed by atoms with van der Waals surface area (Å²) in [7, 11) is 0. The zero-order chi connectivity index (χ0) is 23.4. The second kappa shape index (κ2) is 9.40. The Balaban J connectivity index is 1.60. The van der Waals surface area contributed by atoms with Gasteiger partial charge in [0.25, 0.3) is 0 Å². The highest BCUT2D eigenvalue weighted by atomic mass is 16.4. The Morgan fingerprint density at radius 2 is 1.52 bits per heavy atom. The summed E-state index contributed by atoms with van der Waals surface area (Å²) >= 11 is 0. The van der Waals surface area contributed by atoms with E-state index in [1.807, 2.05) is 72.8 Å². The molecule has 1 amide bonds. The minimum absolute atomic E-state index is 0.133. The summed E-state index contributed by atoms with van der Waals surface area (Å²) in [5.74, 6) is 1.26. The fourth-order valence-electron chi connectivity index (χ4n) is 4.11. The molecular formula is C26H29N5O2. The minimum atomic E-state index is -0.875. The first-order chi connectivity index (χ1) is 15.8. The average Bonchev–Trinajstić information content (AvgIpc) is 2.83. The topological polar surface area (TPSA) is 81.9 Å². The lowest BCUT2D eigenvalue weighted by molar-refractivity contribution is 0.0746. The molecule has 1 N–H and O–H groups in total. The summed E-state index contributed by atoms with van der Waals surface area (Å²) < 4.78 is 0. The smallest absolute Gasteiger partial charge is 0.407 e. The highest BCUT2D eigenvalue weighted by Crippen LogP contribution is 2.29. The molecule has 4 rings (SSSR count). The largest absolute Gasteiger partial charge is 0.465 e. The van der Waals surface area contributed by atoms with Gasteiger partial charge in [-0.1, -0.05) is 81.4 Å². The molecule has 0 aliphatic carbocycles. The molecule has 2 aromatic carbocycles. The highest BCUT2D eigenvalue weighted by molar-refractivity contribution is 6.13. The molecular weight excluding hydrogens is 414 g/mol. The van der Waals surface area contributed by atoms with E-state index in [4.69, 9.17) is 4.99 Å². The maximum Gasteiger partial charge on any atom is 0.407 e. The molecule has 3 aromatic rings. The van der Waals surface area contributed by atoms with Crippen LogP contribution in [0.2, 0.25) is 0 Å². The van der Waals surface area contributed by atoms with Gasteiger partial charge in [-0.2, -0.15) is 0 Å². The van der Waals surface area contributed by atoms with E-state index < -0.39 is 6.09 Å². The molecule has 1 unspecified atom stereocenters. The first-order valence-electron chi connectivity index (χ1n) is 11.1. The van der Waals surface area contributed by atoms with Crippen molar-refractivity contribution in [1.82, 2.24) is 15.1 Å². The van der Waals surface area contributed by atoms with Gasteiger partial charge in [0.05, 0.1) is 11.8 Å². The van der Waals surface area contributed by atoms with Crippen molar-refractivity contribution in [3.8, 4) is 0 Å². The Morgan fingerprint density at radius 3 is 2.00 bits per heavy atom. The maximum absolute atomic E-state index is 11.7. The van der Waals surface area contributed by atoms with Crippen molar-refractivity contribution in [2.24, 2.45) is 10.4 Å². The van der Waals surface area contributed by atoms with Crippen molar-refractivity contribution in [3.05, 3.63) is 83.9 Å². The van der Waals surface area contributed by atoms with Crippen LogP contribution in [0, 0.1) is 5.41 Å². The number of rotatable bonds is 4. The number of anilines is 1. The van der Waals surface area contributed by atoms with Crippen LogP contribution in [0.3, 0.4) is 0 Å². The van der Waals surface area contributed by atoms with Gasteiger partial charge in [-0.15, -0.1) is 10.2 Å². The molecule has 2 heterocycles. The molecule has 0 bridgehead atoms. The lowest BCUT2D eigenvalue weighted by Crippen LogP contribution is -2.59. The van der Waals surface area contributed by atoms with Crippen molar-refractivity contribution in [2.75, 3.05) is 24.5 Å². The van der Waals surface area contributed by atoms with Gasteiger partial charge in [-0.05, 0) is 17.5 Å². The third kappa shape index (κ3) is 5.19. The minimum Gasteiger partial charge on any atom is -0.465 e. The maximum atomic E-state index is 11.7. The molecule has 7 nitrogen and oxygen atoms in total. The molecule has 170 valence electrons. The number of nitrogens with zero attached hydrogens (tertiary/aromatic N) is 5. The first-order valence-corrected chi connectivity index (χ1v) is 11.1. The first kappa shape index (κ1) is 22.5. The van der Waals surface area contributed by atoms with Crippen molar-refractivity contribution < 1.29 is 9.90 Å². The summed E-state index contributed by atoms with van der Waals surface area (Å²) in [6.45, 7) is 7.78. The number of aromatic nitrogens is 2. The van der Waals surface area contributed by atoms with E-state index in [0.29, 0.717) is 25.5 Å². The van der Waals surface area contributed by atoms with Crippen LogP contribution in [0.4, 0.5) is 16.4 Å². The fraction of sp³-hybridized carbons (Fsp3) is 0.308. The van der Waals surface area contributed by atoms with Crippen molar-refractivity contribution in [1.29, 1.82) is 0 Å². The van der Waals surface area contributed by atoms with E-state index in [1.165, 1.54) is 4.90 Å². The van der Waals surface area contributed by atoms with Gasteiger partial charge >= 0.3 is 6.09 Å². The van der Waals surface area contributed by atoms with Gasteiger partial charge in [-0.3, -0.25) is 0 Å². The lowest BCUT2D eigenvalue weighted by atomic mass is 9.84. The Labute approximate surface area is 194 Å². The number of hydrogen-bond donors (Lipinski definition) is 1. The van der Waals surface area contributed by atoms with Crippen LogP contribution >= 0.6 is 0 Å². The molecule has 33 heavy (non-hydrogen) atoms. The number of carboxylic acid groups (broad SMARTS) is 1. The van der Waals surface area contributed by atoms with Crippen molar-refractivity contribution >= 4 is 23.4 Å². The van der Waals surface area contributed by atoms with Gasteiger partial charge in [0.1, 0.15) is 0 Å². The Hall–Kier alpha value is -3.74. The standard InChI is InChI=1S/C26H29N5O2/c1-26(2,3)21-18-30(16-17-31(21)25(32)33)23-15-14-22(28-29-23)27-24(19-10-6-4-7-11-19)20-12-8-5-9-13-20/h4-15,21H,16-18H2,1-3H3,(H,32,33). The number of piperazine rings is 1. The van der Waals surface area contributed by atoms with E-state index >= 15 is 0 Å². The Morgan fingerprint density at radius 1 is 0.909 bits per heavy atom. The molecule has 0 radical (unpaired) electrons. The van der Waals surface area contributed by atoms with Gasteiger partial charge in [0.15, 0.2) is 11.6 Å². The summed E-state index contributed by atoms with van der Waals surface area (Å²) in [6.07, 6.45) is -0.875. The van der Waals surface area contributed by atoms with E-state index in [2.05, 4.69) is 35.9 Å². The summed E-state index contributed by atoms with van der Waals surface area (Å²) in [5.41, 5.74) is 2.66. The number of amides is 1. The third-order valence-corrected chi connectivity index (χ3v) is 5.91. The molecule has 1 aromatic heterocycles. The molecule has 0 spiro atoms. The summed E-state index contributed by atoms with van der Waals surface area (Å²) in [4.78, 5) is 20.2. The highest BCUT2D eigenvalue weighted by Gasteiger charge is 2.38. The lowest BCUT2D eigenvalue weighted by Gasteiger charge is -2.46. The van der Waals surface area contributed by atoms with E-state index in [1.54, 1.807) is 0 Å². The van der Waals surface area contributed by atoms with E-state index in [-0.39, 0.29) is 11.5 Å². The van der Waals surface area contributed by atoms with Crippen molar-refractivity contribution in [2.45, 2.75) is 26.8 Å². The molecule has 1 aliphatic rings. The van der Waals surface area contributed by atoms with Gasteiger partial charge in [0.2, 0.25) is 0 Å². The quantitative estimate of drug-likeness (QED) is 0.582. The zero-order valence-electron chi connectivity index (χ0n) is 19.2. The fourth-order valence-corrected chi connectivity index (χ4v) is 4.11. The van der Waals surface area contributed by atoms with E-state index in [9.17, 15) is 9.90 Å². The van der Waals surface area contributed by atoms with Crippen LogP contribution in [-0.4, -0.2) is 57.7 Å². The Kier molecular flexibility index (Phi) is 6.40. The number of hydrogen-bond acceptors (Lipinski definition) is 5. The zero-order valence-corrected chi connectivity index (χ0v) is 19.2. The third-order valence-electron chi connectivity index (χ3n) is 5.91. The van der Waals surface area contributed by atoms with Crippen LogP contribution in [0.1, 0.15) is 31.9 Å². The van der Waals surface area contributed by atoms with Gasteiger partial charge in [0, 0.05) is 30.8 Å². The molecule has 0 saturated carbocycles. The second-order valence-electron chi connectivity index (χ2n) is 9.25. The summed E-state index contributed by atoms with van der Waals surface area (Å²) in [6, 6.07) is 23.7. The predicted molar refractivity (Wildman–Crippen MR) is 130 cm³/mol. The van der Waals surface area contributed by atoms with Gasteiger partial charge < -0.3 is 14.9 Å². The molecule has 1 atom stereocenters. The Bertz CT molecular complexity index is 1070. The molecule has 1 saturated heterocycles. The van der Waals surface area contributed by atoms with Crippen LogP contribution in [0.15, 0.2) is 77.8 Å². The molecule has 1 aliphatic heterocycles. The second-order valence-corrected chi connectivity index (χ2v) is 9.25. The number of aliphatic imine (C=N–C) groups is 1. The molecule has 1 fully saturated rings. The normalized spacial score (nSPS) is 16.4. The SMILES string of the molecule is CC(C)(C)C1CN(c2ccc(N=C(c3ccccc3)c3ccccc3)nn2)CCN1C(=O)O. The predicted octanol–water partition coefficient (Wildman–Crippen LogP) is 4.86. The van der Waals surface area contributed by atoms with Gasteiger partial charge in [-0.25, -0.2) is 9.79 Å². The monoisotopic (exact) mass is 443 g/mol. The summed E-state index contributed by atoms with van der Waals surface area (Å²) in [5, 5.41) is 18.4. The van der Waals surface area contributed by atoms with Crippen LogP contribution < -0.4 is 4.90 Å². The van der Waals surface area contributed by atoms with Crippen LogP contribution in [0.5, 0.6) is 0 Å². The average molecular weight is 444 g/mol. The van der Waals surface area contributed by atoms with Crippen LogP contribution in [-0.2, 0) is 0 Å². The number of benzene rings is 2. The van der Waals surface area contributed by atoms with Crippen molar-refractivity contribution in [3.63, 3.8) is 0 Å².